The van der Waals surface area contributed by atoms with Gasteiger partial charge < -0.3 is 4.42 Å². The fourth-order valence-corrected chi connectivity index (χ4v) is 2.80. The third kappa shape index (κ3) is 3.25. The van der Waals surface area contributed by atoms with Crippen molar-refractivity contribution in [1.82, 2.24) is 19.7 Å². The van der Waals surface area contributed by atoms with Crippen LogP contribution >= 0.6 is 0 Å². The molecule has 0 saturated carbocycles. The number of nitrogens with zero attached hydrogens (tertiary/aromatic N) is 4. The summed E-state index contributed by atoms with van der Waals surface area (Å²) in [6.45, 7) is 6.16. The van der Waals surface area contributed by atoms with Crippen LogP contribution in [0.1, 0.15) is 44.4 Å². The van der Waals surface area contributed by atoms with Crippen molar-refractivity contribution in [2.24, 2.45) is 13.0 Å². The molecule has 3 rings (SSSR count). The Morgan fingerprint density at radius 1 is 1.29 bits per heavy atom. The molecule has 7 nitrogen and oxygen atoms in total. The smallest absolute Gasteiger partial charge is 0.233 e. The van der Waals surface area contributed by atoms with Crippen molar-refractivity contribution in [3.05, 3.63) is 35.8 Å². The Morgan fingerprint density at radius 2 is 2.04 bits per heavy atom. The maximum atomic E-state index is 12.5. The first-order chi connectivity index (χ1) is 11.2. The van der Waals surface area contributed by atoms with Crippen molar-refractivity contribution in [1.29, 1.82) is 0 Å². The topological polar surface area (TPSA) is 81.2 Å². The fourth-order valence-electron chi connectivity index (χ4n) is 2.80. The second-order valence-electron chi connectivity index (χ2n) is 7.31. The van der Waals surface area contributed by atoms with Gasteiger partial charge in [0.2, 0.25) is 17.7 Å². The van der Waals surface area contributed by atoms with Gasteiger partial charge >= 0.3 is 0 Å². The number of imide groups is 1. The highest BCUT2D eigenvalue weighted by atomic mass is 16.4. The van der Waals surface area contributed by atoms with Crippen LogP contribution in [0.3, 0.4) is 0 Å². The number of amides is 2. The first-order valence-electron chi connectivity index (χ1n) is 8.01. The van der Waals surface area contributed by atoms with Crippen LogP contribution in [0.15, 0.2) is 23.0 Å². The maximum absolute atomic E-state index is 12.5. The molecular weight excluding hydrogens is 308 g/mol. The predicted octanol–water partition coefficient (Wildman–Crippen LogP) is 1.82. The average molecular weight is 330 g/mol. The Hall–Kier alpha value is -2.44. The van der Waals surface area contributed by atoms with Crippen LogP contribution in [-0.2, 0) is 35.0 Å². The number of hydrogen-bond donors (Lipinski definition) is 0. The highest BCUT2D eigenvalue weighted by Gasteiger charge is 2.39. The van der Waals surface area contributed by atoms with Gasteiger partial charge in [0, 0.05) is 25.1 Å². The number of carbonyl (C=O) groups excluding carboxylic acids is 2. The van der Waals surface area contributed by atoms with Gasteiger partial charge in [-0.25, -0.2) is 4.98 Å². The van der Waals surface area contributed by atoms with Crippen molar-refractivity contribution in [3.8, 4) is 0 Å². The molecule has 0 spiro atoms. The van der Waals surface area contributed by atoms with Gasteiger partial charge in [0.05, 0.1) is 18.3 Å². The Bertz CT molecular complexity index is 769. The molecule has 2 amide bonds. The summed E-state index contributed by atoms with van der Waals surface area (Å²) in [5.74, 6) is 0.453. The average Bonchev–Trinajstić information content (AvgIpc) is 3.16. The van der Waals surface area contributed by atoms with Crippen molar-refractivity contribution < 1.29 is 14.0 Å². The molecular formula is C17H22N4O3. The molecule has 7 heteroatoms. The minimum atomic E-state index is -0.334. The van der Waals surface area contributed by atoms with E-state index in [-0.39, 0.29) is 36.1 Å². The van der Waals surface area contributed by atoms with Crippen LogP contribution in [-0.4, -0.2) is 31.5 Å². The first kappa shape index (κ1) is 16.4. The molecule has 0 aromatic carbocycles. The molecule has 128 valence electrons. The van der Waals surface area contributed by atoms with E-state index in [1.165, 1.54) is 4.90 Å². The van der Waals surface area contributed by atoms with E-state index in [0.717, 1.165) is 11.3 Å². The van der Waals surface area contributed by atoms with Gasteiger partial charge in [-0.15, -0.1) is 0 Å². The summed E-state index contributed by atoms with van der Waals surface area (Å²) in [6, 6.07) is 0. The van der Waals surface area contributed by atoms with Gasteiger partial charge in [0.15, 0.2) is 0 Å². The molecule has 2 aromatic heterocycles. The quantitative estimate of drug-likeness (QED) is 0.799. The van der Waals surface area contributed by atoms with Crippen LogP contribution in [0.2, 0.25) is 0 Å². The highest BCUT2D eigenvalue weighted by Crippen LogP contribution is 2.27. The zero-order valence-corrected chi connectivity index (χ0v) is 14.4. The second kappa shape index (κ2) is 5.89. The standard InChI is InChI=1S/C17H22N4O3/c1-17(2,3)13-8-18-14(24-13)10-21-15(22)6-12(16(21)23)5-11-7-19-20(4)9-11/h7-9,12H,5-6,10H2,1-4H3/t12-/m0/s1. The summed E-state index contributed by atoms with van der Waals surface area (Å²) in [4.78, 5) is 30.2. The van der Waals surface area contributed by atoms with E-state index in [0.29, 0.717) is 12.3 Å². The molecule has 0 radical (unpaired) electrons. The SMILES string of the molecule is Cn1cc(C[C@H]2CC(=O)N(Cc3ncc(C(C)(C)C)o3)C2=O)cn1. The lowest BCUT2D eigenvalue weighted by Gasteiger charge is -2.14. The van der Waals surface area contributed by atoms with Gasteiger partial charge in [-0.3, -0.25) is 19.2 Å². The minimum Gasteiger partial charge on any atom is -0.443 e. The molecule has 1 aliphatic heterocycles. The number of aromatic nitrogens is 3. The maximum Gasteiger partial charge on any atom is 0.233 e. The molecule has 1 fully saturated rings. The van der Waals surface area contributed by atoms with E-state index in [1.807, 2.05) is 34.0 Å². The lowest BCUT2D eigenvalue weighted by Crippen LogP contribution is -2.30. The minimum absolute atomic E-state index is 0.0945. The Morgan fingerprint density at radius 3 is 2.62 bits per heavy atom. The monoisotopic (exact) mass is 330 g/mol. The van der Waals surface area contributed by atoms with Gasteiger partial charge in [-0.1, -0.05) is 20.8 Å². The number of oxazole rings is 1. The van der Waals surface area contributed by atoms with Crippen LogP contribution in [0.4, 0.5) is 0 Å². The summed E-state index contributed by atoms with van der Waals surface area (Å²) in [5, 5.41) is 4.10. The van der Waals surface area contributed by atoms with E-state index in [9.17, 15) is 9.59 Å². The van der Waals surface area contributed by atoms with E-state index < -0.39 is 0 Å². The molecule has 1 saturated heterocycles. The van der Waals surface area contributed by atoms with E-state index >= 15 is 0 Å². The second-order valence-corrected chi connectivity index (χ2v) is 7.31. The number of aryl methyl sites for hydroxylation is 1. The molecule has 0 unspecified atom stereocenters. The van der Waals surface area contributed by atoms with Crippen molar-refractivity contribution in [2.45, 2.75) is 45.6 Å². The molecule has 3 heterocycles. The molecule has 0 N–H and O–H groups in total. The number of hydrogen-bond acceptors (Lipinski definition) is 5. The normalized spacial score (nSPS) is 18.7. The summed E-state index contributed by atoms with van der Waals surface area (Å²) >= 11 is 0. The number of carbonyl (C=O) groups is 2. The van der Waals surface area contributed by atoms with E-state index in [4.69, 9.17) is 4.42 Å². The Kier molecular flexibility index (Phi) is 4.03. The van der Waals surface area contributed by atoms with Crippen LogP contribution in [0, 0.1) is 5.92 Å². The Balaban J connectivity index is 1.69. The van der Waals surface area contributed by atoms with Gasteiger partial charge in [0.25, 0.3) is 0 Å². The van der Waals surface area contributed by atoms with Gasteiger partial charge in [-0.05, 0) is 12.0 Å². The molecule has 24 heavy (non-hydrogen) atoms. The van der Waals surface area contributed by atoms with E-state index in [1.54, 1.807) is 17.1 Å². The van der Waals surface area contributed by atoms with Crippen LogP contribution < -0.4 is 0 Å². The zero-order chi connectivity index (χ0) is 17.5. The molecule has 1 aliphatic rings. The lowest BCUT2D eigenvalue weighted by atomic mass is 9.94. The number of likely N-dealkylation sites (tertiary alicyclic amines) is 1. The lowest BCUT2D eigenvalue weighted by molar-refractivity contribution is -0.140. The van der Waals surface area contributed by atoms with E-state index in [2.05, 4.69) is 10.1 Å². The molecule has 0 bridgehead atoms. The van der Waals surface area contributed by atoms with Crippen LogP contribution in [0.25, 0.3) is 0 Å². The van der Waals surface area contributed by atoms with Crippen molar-refractivity contribution in [2.75, 3.05) is 0 Å². The first-order valence-corrected chi connectivity index (χ1v) is 8.01. The van der Waals surface area contributed by atoms with Gasteiger partial charge in [-0.2, -0.15) is 5.10 Å². The molecule has 2 aromatic rings. The third-order valence-electron chi connectivity index (χ3n) is 4.16. The van der Waals surface area contributed by atoms with Crippen molar-refractivity contribution >= 4 is 11.8 Å². The molecule has 1 atom stereocenters. The largest absolute Gasteiger partial charge is 0.443 e. The molecule has 0 aliphatic carbocycles. The van der Waals surface area contributed by atoms with Gasteiger partial charge in [0.1, 0.15) is 12.3 Å². The summed E-state index contributed by atoms with van der Waals surface area (Å²) in [7, 11) is 1.83. The third-order valence-corrected chi connectivity index (χ3v) is 4.16. The highest BCUT2D eigenvalue weighted by molar-refractivity contribution is 6.03. The zero-order valence-electron chi connectivity index (χ0n) is 14.4. The van der Waals surface area contributed by atoms with Crippen molar-refractivity contribution in [3.63, 3.8) is 0 Å². The predicted molar refractivity (Wildman–Crippen MR) is 85.8 cm³/mol. The summed E-state index contributed by atoms with van der Waals surface area (Å²) in [5.41, 5.74) is 0.796. The summed E-state index contributed by atoms with van der Waals surface area (Å²) < 4.78 is 7.38. The number of rotatable bonds is 4. The fraction of sp³-hybridized carbons (Fsp3) is 0.529. The van der Waals surface area contributed by atoms with Crippen LogP contribution in [0.5, 0.6) is 0 Å². The Labute approximate surface area is 140 Å². The summed E-state index contributed by atoms with van der Waals surface area (Å²) in [6.07, 6.45) is 6.00.